The first-order chi connectivity index (χ1) is 13.0. The van der Waals surface area contributed by atoms with Gasteiger partial charge in [-0.15, -0.1) is 11.3 Å². The maximum Gasteiger partial charge on any atom is 0.325 e. The first-order valence-corrected chi connectivity index (χ1v) is 12.4. The van der Waals surface area contributed by atoms with Gasteiger partial charge < -0.3 is 0 Å². The molecule has 0 radical (unpaired) electrons. The van der Waals surface area contributed by atoms with Crippen molar-refractivity contribution in [1.29, 1.82) is 0 Å². The second-order valence-electron chi connectivity index (χ2n) is 5.57. The van der Waals surface area contributed by atoms with Crippen LogP contribution in [-0.4, -0.2) is 31.2 Å². The fraction of sp³-hybridized carbons (Fsp3) is 0.176. The van der Waals surface area contributed by atoms with Gasteiger partial charge in [-0.3, -0.25) is 4.31 Å². The summed E-state index contributed by atoms with van der Waals surface area (Å²) in [6.45, 7) is 2.12. The number of para-hydroxylation sites is 1. The lowest BCUT2D eigenvalue weighted by atomic mass is 10.3. The highest BCUT2D eigenvalue weighted by atomic mass is 32.2. The van der Waals surface area contributed by atoms with Gasteiger partial charge in [0.05, 0.1) is 26.1 Å². The number of aromatic nitrogens is 2. The van der Waals surface area contributed by atoms with E-state index in [1.807, 2.05) is 36.6 Å². The molecule has 2 heterocycles. The Morgan fingerprint density at radius 3 is 2.37 bits per heavy atom. The fourth-order valence-corrected chi connectivity index (χ4v) is 6.84. The lowest BCUT2D eigenvalue weighted by Crippen LogP contribution is -2.35. The van der Waals surface area contributed by atoms with Crippen LogP contribution in [0.4, 0.5) is 10.8 Å². The molecule has 0 aliphatic carbocycles. The van der Waals surface area contributed by atoms with E-state index in [0.29, 0.717) is 17.4 Å². The molecular weight excluding hydrogens is 420 g/mol. The maximum absolute atomic E-state index is 12.9. The zero-order valence-corrected chi connectivity index (χ0v) is 17.8. The summed E-state index contributed by atoms with van der Waals surface area (Å²) in [5.74, 6) is 0. The molecule has 0 amide bonds. The molecule has 27 heavy (non-hydrogen) atoms. The SMILES string of the molecule is CCN(c1ccccc1)S(=O)(=O)Nc1nc2ccc3nc(SC)sc3c2s1. The van der Waals surface area contributed by atoms with E-state index < -0.39 is 10.2 Å². The summed E-state index contributed by atoms with van der Waals surface area (Å²) in [5, 5.41) is 0.353. The first-order valence-electron chi connectivity index (χ1n) is 8.11. The zero-order valence-electron chi connectivity index (χ0n) is 14.5. The number of nitrogens with zero attached hydrogens (tertiary/aromatic N) is 3. The van der Waals surface area contributed by atoms with E-state index in [0.717, 1.165) is 24.8 Å². The van der Waals surface area contributed by atoms with Gasteiger partial charge in [-0.2, -0.15) is 8.42 Å². The number of anilines is 2. The average molecular weight is 437 g/mol. The Bertz CT molecular complexity index is 1200. The highest BCUT2D eigenvalue weighted by Crippen LogP contribution is 2.38. The average Bonchev–Trinajstić information content (AvgIpc) is 3.25. The molecule has 0 fully saturated rings. The Morgan fingerprint density at radius 1 is 1.04 bits per heavy atom. The normalized spacial score (nSPS) is 11.9. The second-order valence-corrected chi connectivity index (χ2v) is 10.2. The second kappa shape index (κ2) is 7.27. The summed E-state index contributed by atoms with van der Waals surface area (Å²) in [4.78, 5) is 9.03. The number of nitrogens with one attached hydrogen (secondary N) is 1. The minimum absolute atomic E-state index is 0.320. The van der Waals surface area contributed by atoms with Gasteiger partial charge in [-0.1, -0.05) is 41.3 Å². The zero-order chi connectivity index (χ0) is 19.0. The van der Waals surface area contributed by atoms with Crippen molar-refractivity contribution in [2.75, 3.05) is 21.8 Å². The van der Waals surface area contributed by atoms with Crippen LogP contribution in [-0.2, 0) is 10.2 Å². The van der Waals surface area contributed by atoms with Gasteiger partial charge in [0, 0.05) is 6.54 Å². The molecule has 0 unspecified atom stereocenters. The quantitative estimate of drug-likeness (QED) is 0.439. The van der Waals surface area contributed by atoms with Crippen LogP contribution >= 0.6 is 34.4 Å². The monoisotopic (exact) mass is 436 g/mol. The molecule has 2 aromatic heterocycles. The van der Waals surface area contributed by atoms with Crippen molar-refractivity contribution < 1.29 is 8.42 Å². The Labute approximate surface area is 169 Å². The number of thiazole rings is 2. The van der Waals surface area contributed by atoms with Crippen LogP contribution in [0.3, 0.4) is 0 Å². The van der Waals surface area contributed by atoms with Crippen LogP contribution in [0.5, 0.6) is 0 Å². The molecule has 0 saturated carbocycles. The third-order valence-corrected chi connectivity index (χ3v) is 8.74. The predicted molar refractivity (Wildman–Crippen MR) is 117 cm³/mol. The smallest absolute Gasteiger partial charge is 0.254 e. The number of rotatable bonds is 6. The third-order valence-electron chi connectivity index (χ3n) is 3.90. The van der Waals surface area contributed by atoms with Crippen molar-refractivity contribution in [3.05, 3.63) is 42.5 Å². The Balaban J connectivity index is 1.72. The number of thioether (sulfide) groups is 1. The van der Waals surface area contributed by atoms with E-state index in [1.165, 1.54) is 15.6 Å². The van der Waals surface area contributed by atoms with Crippen molar-refractivity contribution >= 4 is 75.9 Å². The van der Waals surface area contributed by atoms with Gasteiger partial charge in [0.15, 0.2) is 9.47 Å². The van der Waals surface area contributed by atoms with Crippen LogP contribution in [0.25, 0.3) is 20.4 Å². The number of fused-ring (bicyclic) bond motifs is 3. The van der Waals surface area contributed by atoms with Crippen LogP contribution in [0, 0.1) is 0 Å². The van der Waals surface area contributed by atoms with Crippen molar-refractivity contribution in [2.24, 2.45) is 0 Å². The van der Waals surface area contributed by atoms with Crippen LogP contribution in [0.2, 0.25) is 0 Å². The minimum Gasteiger partial charge on any atom is -0.254 e. The Morgan fingerprint density at radius 2 is 1.70 bits per heavy atom. The van der Waals surface area contributed by atoms with E-state index in [4.69, 9.17) is 0 Å². The van der Waals surface area contributed by atoms with Crippen LogP contribution in [0.1, 0.15) is 6.92 Å². The molecule has 0 bridgehead atoms. The lowest BCUT2D eigenvalue weighted by molar-refractivity contribution is 0.597. The van der Waals surface area contributed by atoms with E-state index in [9.17, 15) is 8.42 Å². The summed E-state index contributed by atoms with van der Waals surface area (Å²) in [5.41, 5.74) is 2.29. The number of benzene rings is 2. The Hall–Kier alpha value is -1.88. The fourth-order valence-electron chi connectivity index (χ4n) is 2.73. The summed E-state index contributed by atoms with van der Waals surface area (Å²) in [6.07, 6.45) is 1.99. The highest BCUT2D eigenvalue weighted by Gasteiger charge is 2.23. The van der Waals surface area contributed by atoms with E-state index in [1.54, 1.807) is 42.2 Å². The highest BCUT2D eigenvalue weighted by molar-refractivity contribution is 8.00. The molecule has 2 aromatic carbocycles. The van der Waals surface area contributed by atoms with E-state index in [-0.39, 0.29) is 0 Å². The van der Waals surface area contributed by atoms with Crippen molar-refractivity contribution in [3.63, 3.8) is 0 Å². The standard InChI is InChI=1S/C17H16N4O2S4/c1-3-21(11-7-5-4-6-8-11)27(22,23)20-16-18-12-9-10-13-15(14(12)25-16)26-17(19-13)24-2/h4-10H,3H2,1-2H3,(H,18,20). The molecular formula is C17H16N4O2S4. The molecule has 140 valence electrons. The van der Waals surface area contributed by atoms with Gasteiger partial charge in [0.2, 0.25) is 0 Å². The van der Waals surface area contributed by atoms with Gasteiger partial charge in [-0.25, -0.2) is 14.7 Å². The van der Waals surface area contributed by atoms with Crippen molar-refractivity contribution in [1.82, 2.24) is 9.97 Å². The number of hydrogen-bond acceptors (Lipinski definition) is 7. The molecule has 1 N–H and O–H groups in total. The summed E-state index contributed by atoms with van der Waals surface area (Å²) >= 11 is 4.53. The van der Waals surface area contributed by atoms with Gasteiger partial charge in [0.25, 0.3) is 0 Å². The molecule has 0 aliphatic heterocycles. The third kappa shape index (κ3) is 3.49. The lowest BCUT2D eigenvalue weighted by Gasteiger charge is -2.22. The molecule has 4 aromatic rings. The van der Waals surface area contributed by atoms with Crippen molar-refractivity contribution in [3.8, 4) is 0 Å². The summed E-state index contributed by atoms with van der Waals surface area (Å²) in [6, 6.07) is 12.8. The van der Waals surface area contributed by atoms with E-state index >= 15 is 0 Å². The van der Waals surface area contributed by atoms with Gasteiger partial charge >= 0.3 is 10.2 Å². The minimum atomic E-state index is -3.76. The van der Waals surface area contributed by atoms with Gasteiger partial charge in [-0.05, 0) is 37.4 Å². The van der Waals surface area contributed by atoms with E-state index in [2.05, 4.69) is 14.7 Å². The molecule has 0 saturated heterocycles. The molecule has 4 rings (SSSR count). The van der Waals surface area contributed by atoms with Crippen LogP contribution in [0.15, 0.2) is 46.8 Å². The molecule has 0 aliphatic rings. The summed E-state index contributed by atoms with van der Waals surface area (Å²) in [7, 11) is -3.76. The van der Waals surface area contributed by atoms with Gasteiger partial charge in [0.1, 0.15) is 0 Å². The van der Waals surface area contributed by atoms with Crippen LogP contribution < -0.4 is 9.03 Å². The molecule has 10 heteroatoms. The summed E-state index contributed by atoms with van der Waals surface area (Å²) < 4.78 is 32.7. The maximum atomic E-state index is 12.9. The number of hydrogen-bond donors (Lipinski definition) is 1. The molecule has 0 spiro atoms. The first kappa shape index (κ1) is 18.5. The van der Waals surface area contributed by atoms with Crippen molar-refractivity contribution in [2.45, 2.75) is 11.3 Å². The topological polar surface area (TPSA) is 75.2 Å². The Kier molecular flexibility index (Phi) is 4.97. The molecule has 6 nitrogen and oxygen atoms in total. The molecule has 0 atom stereocenters. The largest absolute Gasteiger partial charge is 0.325 e. The predicted octanol–water partition coefficient (Wildman–Crippen LogP) is 4.81.